The summed E-state index contributed by atoms with van der Waals surface area (Å²) in [5.41, 5.74) is 20.5. The molecule has 4 aromatic heterocycles. The van der Waals surface area contributed by atoms with Crippen LogP contribution >= 0.6 is 0 Å². The highest BCUT2D eigenvalue weighted by atomic mass is 16.6. The van der Waals surface area contributed by atoms with Crippen LogP contribution in [0.25, 0.3) is 0 Å². The predicted octanol–water partition coefficient (Wildman–Crippen LogP) is 0.621. The van der Waals surface area contributed by atoms with Crippen LogP contribution in [0.1, 0.15) is 48.5 Å². The minimum Gasteiger partial charge on any atom is -0.481 e. The number of amidine groups is 4. The molecule has 20 nitrogen and oxygen atoms in total. The first-order chi connectivity index (χ1) is 25.2. The van der Waals surface area contributed by atoms with Crippen molar-refractivity contribution >= 4 is 58.5 Å². The molecule has 0 aromatic carbocycles. The van der Waals surface area contributed by atoms with Gasteiger partial charge in [-0.2, -0.15) is 20.4 Å². The smallest absolute Gasteiger partial charge is 0.314 e. The van der Waals surface area contributed by atoms with Crippen molar-refractivity contribution in [3.63, 3.8) is 0 Å². The molecule has 20 heteroatoms. The number of aliphatic carboxylic acids is 1. The lowest BCUT2D eigenvalue weighted by Crippen LogP contribution is -2.35. The Balaban J connectivity index is 0.000000174. The number of pyridine rings is 4. The third-order valence-electron chi connectivity index (χ3n) is 6.56. The van der Waals surface area contributed by atoms with Gasteiger partial charge < -0.3 is 20.9 Å². The van der Waals surface area contributed by atoms with Gasteiger partial charge in [0.05, 0.1) is 43.0 Å². The molecule has 1 fully saturated rings. The molecule has 264 valence electrons. The maximum Gasteiger partial charge on any atom is 0.314 e. The van der Waals surface area contributed by atoms with Crippen molar-refractivity contribution in [3.8, 4) is 0 Å². The van der Waals surface area contributed by atoms with Crippen LogP contribution in [-0.2, 0) is 23.9 Å². The van der Waals surface area contributed by atoms with E-state index in [1.54, 1.807) is 55.0 Å². The number of hydrogen-bond acceptors (Lipinski definition) is 18. The van der Waals surface area contributed by atoms with Gasteiger partial charge in [-0.1, -0.05) is 12.1 Å². The van der Waals surface area contributed by atoms with Crippen LogP contribution in [0.15, 0.2) is 106 Å². The number of carbonyl (C=O) groups is 4. The van der Waals surface area contributed by atoms with Gasteiger partial charge in [0, 0.05) is 18.8 Å². The number of carboxylic acid groups (broad SMARTS) is 1. The lowest BCUT2D eigenvalue weighted by atomic mass is 10.2. The van der Waals surface area contributed by atoms with Gasteiger partial charge in [-0.3, -0.25) is 60.8 Å². The number of esters is 2. The monoisotopic (exact) mass is 706 g/mol. The summed E-state index contributed by atoms with van der Waals surface area (Å²) in [5, 5.41) is 27.8. The zero-order chi connectivity index (χ0) is 36.7. The quantitative estimate of drug-likeness (QED) is 0.0976. The van der Waals surface area contributed by atoms with E-state index in [0.29, 0.717) is 57.5 Å². The molecule has 7 heterocycles. The standard InChI is InChI=1S/C16H15N7O3.C12H11N7.C4H4O3/c24-13(6-7-14(25)26)19-10-4-5-12(18-9-10)16-22-20-15(21-23-16)11-3-1-2-8-17-11;13-8-4-5-10(15-7-8)12-18-16-11(17-19-12)9-3-1-2-6-14-9;5-3-1-2-4(6)7-3/h1-5,8-9H,6-7H2,(H,19,24)(H,20,21)(H,22,23)(H,25,26);1-7H,13H2,(H,16,17)(H,18,19);1-2H2. The Hall–Kier alpha value is -7.64. The van der Waals surface area contributed by atoms with E-state index in [9.17, 15) is 19.2 Å². The number of rotatable bonds is 8. The van der Waals surface area contributed by atoms with Crippen LogP contribution in [0.3, 0.4) is 0 Å². The summed E-state index contributed by atoms with van der Waals surface area (Å²) in [5.74, 6) is -0.228. The van der Waals surface area contributed by atoms with Gasteiger partial charge in [0.1, 0.15) is 22.8 Å². The molecule has 0 atom stereocenters. The first-order valence-electron chi connectivity index (χ1n) is 15.3. The van der Waals surface area contributed by atoms with Crippen LogP contribution in [0.4, 0.5) is 11.4 Å². The summed E-state index contributed by atoms with van der Waals surface area (Å²) in [4.78, 5) is 58.8. The first kappa shape index (κ1) is 35.7. The number of nitrogens with two attached hydrogens (primary N) is 1. The molecule has 1 saturated heterocycles. The lowest BCUT2D eigenvalue weighted by Gasteiger charge is -2.14. The Labute approximate surface area is 294 Å². The molecule has 0 aliphatic carbocycles. The molecule has 8 N–H and O–H groups in total. The van der Waals surface area contributed by atoms with Crippen LogP contribution in [-0.4, -0.2) is 72.2 Å². The highest BCUT2D eigenvalue weighted by Gasteiger charge is 2.19. The van der Waals surface area contributed by atoms with E-state index in [2.05, 4.69) is 72.1 Å². The molecule has 3 aliphatic heterocycles. The van der Waals surface area contributed by atoms with Crippen molar-refractivity contribution in [3.05, 3.63) is 108 Å². The minimum absolute atomic E-state index is 0.0969. The first-order valence-corrected chi connectivity index (χ1v) is 15.3. The van der Waals surface area contributed by atoms with Gasteiger partial charge in [0.2, 0.25) is 5.91 Å². The van der Waals surface area contributed by atoms with Crippen LogP contribution in [0.2, 0.25) is 0 Å². The van der Waals surface area contributed by atoms with E-state index in [1.807, 2.05) is 24.3 Å². The number of nitrogens with zero attached hydrogens (tertiary/aromatic N) is 8. The summed E-state index contributed by atoms with van der Waals surface area (Å²) in [6.45, 7) is 0. The number of carbonyl (C=O) groups excluding carboxylic acids is 3. The van der Waals surface area contributed by atoms with E-state index in [0.717, 1.165) is 0 Å². The third-order valence-corrected chi connectivity index (χ3v) is 6.56. The van der Waals surface area contributed by atoms with Gasteiger partial charge in [0.25, 0.3) is 0 Å². The Morgan fingerprint density at radius 3 is 1.48 bits per heavy atom. The molecule has 0 bridgehead atoms. The molecule has 0 radical (unpaired) electrons. The molecular formula is C32H30N14O6. The Kier molecular flexibility index (Phi) is 12.1. The number of aromatic nitrogens is 4. The van der Waals surface area contributed by atoms with E-state index in [4.69, 9.17) is 10.8 Å². The number of anilines is 2. The van der Waals surface area contributed by atoms with E-state index in [-0.39, 0.29) is 31.6 Å². The second-order valence-corrected chi connectivity index (χ2v) is 10.4. The number of nitrogen functional groups attached to an aromatic ring is 1. The highest BCUT2D eigenvalue weighted by molar-refractivity contribution is 6.05. The van der Waals surface area contributed by atoms with Crippen LogP contribution in [0, 0.1) is 0 Å². The van der Waals surface area contributed by atoms with E-state index in [1.165, 1.54) is 6.20 Å². The fourth-order valence-corrected chi connectivity index (χ4v) is 4.03. The third kappa shape index (κ3) is 10.7. The van der Waals surface area contributed by atoms with Crippen molar-refractivity contribution in [1.29, 1.82) is 0 Å². The summed E-state index contributed by atoms with van der Waals surface area (Å²) < 4.78 is 4.08. The number of cyclic esters (lactones) is 2. The van der Waals surface area contributed by atoms with Crippen LogP contribution in [0.5, 0.6) is 0 Å². The van der Waals surface area contributed by atoms with Crippen molar-refractivity contribution in [2.24, 2.45) is 20.4 Å². The molecule has 0 spiro atoms. The Morgan fingerprint density at radius 2 is 1.13 bits per heavy atom. The van der Waals surface area contributed by atoms with Gasteiger partial charge >= 0.3 is 17.9 Å². The number of ether oxygens (including phenoxy) is 1. The lowest BCUT2D eigenvalue weighted by molar-refractivity contribution is -0.152. The summed E-state index contributed by atoms with van der Waals surface area (Å²) in [6.07, 6.45) is 6.58. The molecule has 0 saturated carbocycles. The molecule has 4 aromatic rings. The second kappa shape index (κ2) is 17.7. The summed E-state index contributed by atoms with van der Waals surface area (Å²) in [7, 11) is 0. The van der Waals surface area contributed by atoms with Crippen molar-refractivity contribution in [1.82, 2.24) is 41.6 Å². The maximum atomic E-state index is 11.6. The van der Waals surface area contributed by atoms with Crippen LogP contribution < -0.4 is 32.8 Å². The van der Waals surface area contributed by atoms with E-state index < -0.39 is 17.9 Å². The maximum absolute atomic E-state index is 11.6. The number of hydrazone groups is 4. The average molecular weight is 707 g/mol. The molecule has 1 amide bonds. The SMILES string of the molecule is Nc1ccc(C2=NNC(c3ccccn3)=NN2)nc1.O=C(O)CCC(=O)Nc1ccc(C2=NNC(c3ccccn3)=NN2)nc1.O=C1CCC(=O)O1. The zero-order valence-corrected chi connectivity index (χ0v) is 27.1. The number of hydrogen-bond donors (Lipinski definition) is 7. The van der Waals surface area contributed by atoms with Gasteiger partial charge in [-0.15, -0.1) is 0 Å². The Bertz CT molecular complexity index is 2010. The topological polar surface area (TPSA) is 285 Å². The molecular weight excluding hydrogens is 676 g/mol. The molecule has 3 aliphatic rings. The molecule has 0 unspecified atom stereocenters. The normalized spacial score (nSPS) is 14.2. The van der Waals surface area contributed by atoms with Gasteiger partial charge in [0.15, 0.2) is 23.3 Å². The summed E-state index contributed by atoms with van der Waals surface area (Å²) >= 11 is 0. The van der Waals surface area contributed by atoms with Crippen molar-refractivity contribution in [2.75, 3.05) is 11.1 Å². The van der Waals surface area contributed by atoms with Crippen molar-refractivity contribution < 1.29 is 29.0 Å². The largest absolute Gasteiger partial charge is 0.481 e. The highest BCUT2D eigenvalue weighted by Crippen LogP contribution is 2.09. The molecule has 52 heavy (non-hydrogen) atoms. The predicted molar refractivity (Wildman–Crippen MR) is 186 cm³/mol. The number of amides is 1. The number of carboxylic acids is 1. The fourth-order valence-electron chi connectivity index (χ4n) is 4.03. The Morgan fingerprint density at radius 1 is 0.654 bits per heavy atom. The zero-order valence-electron chi connectivity index (χ0n) is 27.1. The van der Waals surface area contributed by atoms with Crippen molar-refractivity contribution in [2.45, 2.75) is 25.7 Å². The van der Waals surface area contributed by atoms with Gasteiger partial charge in [-0.05, 0) is 48.5 Å². The average Bonchev–Trinajstić information content (AvgIpc) is 3.57. The fraction of sp³-hybridized carbons (Fsp3) is 0.125. The second-order valence-electron chi connectivity index (χ2n) is 10.4. The minimum atomic E-state index is -1.02. The summed E-state index contributed by atoms with van der Waals surface area (Å²) in [6, 6.07) is 17.8. The molecule has 7 rings (SSSR count). The van der Waals surface area contributed by atoms with Gasteiger partial charge in [-0.25, -0.2) is 0 Å². The number of nitrogens with one attached hydrogen (secondary N) is 5. The van der Waals surface area contributed by atoms with E-state index >= 15 is 0 Å².